The van der Waals surface area contributed by atoms with Crippen LogP contribution in [0.1, 0.15) is 37.9 Å². The maximum Gasteiger partial charge on any atom is 0.233 e. The second kappa shape index (κ2) is 6.58. The first kappa shape index (κ1) is 18.4. The molecule has 0 spiro atoms. The molecule has 4 rings (SSSR count). The van der Waals surface area contributed by atoms with E-state index in [1.54, 1.807) is 24.3 Å². The molecule has 0 radical (unpaired) electrons. The number of phenols is 1. The van der Waals surface area contributed by atoms with Crippen molar-refractivity contribution in [1.29, 1.82) is 0 Å². The molecule has 146 valence electrons. The highest BCUT2D eigenvalue weighted by Crippen LogP contribution is 2.58. The molecule has 3 aliphatic rings. The Morgan fingerprint density at radius 2 is 1.96 bits per heavy atom. The first-order valence-electron chi connectivity index (χ1n) is 9.56. The first-order valence-corrected chi connectivity index (χ1v) is 9.56. The molecule has 3 N–H and O–H groups in total. The second-order valence-electron chi connectivity index (χ2n) is 7.83. The highest BCUT2D eigenvalue weighted by atomic mass is 16.6. The molecule has 2 amide bonds. The summed E-state index contributed by atoms with van der Waals surface area (Å²) in [6.45, 7) is 1.94. The maximum absolute atomic E-state index is 13.0. The third-order valence-electron chi connectivity index (χ3n) is 6.41. The third kappa shape index (κ3) is 2.60. The van der Waals surface area contributed by atoms with Crippen LogP contribution in [0.15, 0.2) is 24.3 Å². The Morgan fingerprint density at radius 3 is 2.63 bits per heavy atom. The topological polar surface area (TPSA) is 107 Å². The molecule has 7 nitrogen and oxygen atoms in total. The fraction of sp³-hybridized carbons (Fsp3) is 0.600. The summed E-state index contributed by atoms with van der Waals surface area (Å²) in [7, 11) is 0. The average molecular weight is 375 g/mol. The number of para-hydroxylation sites is 1. The number of rotatable bonds is 4. The molecule has 1 aliphatic carbocycles. The Kier molecular flexibility index (Phi) is 4.49. The van der Waals surface area contributed by atoms with E-state index < -0.39 is 35.6 Å². The summed E-state index contributed by atoms with van der Waals surface area (Å²) in [6, 6.07) is 6.73. The summed E-state index contributed by atoms with van der Waals surface area (Å²) in [5, 5.41) is 31.3. The highest BCUT2D eigenvalue weighted by molar-refractivity contribution is 6.05. The number of aliphatic hydroxyl groups excluding tert-OH is 1. The lowest BCUT2D eigenvalue weighted by Gasteiger charge is -2.44. The van der Waals surface area contributed by atoms with E-state index in [0.29, 0.717) is 24.9 Å². The van der Waals surface area contributed by atoms with Gasteiger partial charge < -0.3 is 20.1 Å². The number of likely N-dealkylation sites (tertiary alicyclic amines) is 1. The molecule has 1 saturated carbocycles. The van der Waals surface area contributed by atoms with Gasteiger partial charge in [0.15, 0.2) is 5.79 Å². The van der Waals surface area contributed by atoms with Crippen molar-refractivity contribution in [2.45, 2.75) is 38.1 Å². The zero-order valence-electron chi connectivity index (χ0n) is 15.2. The number of carbonyl (C=O) groups excluding carboxylic acids is 2. The summed E-state index contributed by atoms with van der Waals surface area (Å²) in [5.74, 6) is -4.53. The van der Waals surface area contributed by atoms with Crippen molar-refractivity contribution in [1.82, 2.24) is 4.90 Å². The number of hydrogen-bond acceptors (Lipinski definition) is 6. The van der Waals surface area contributed by atoms with Crippen LogP contribution < -0.4 is 0 Å². The van der Waals surface area contributed by atoms with Gasteiger partial charge in [0.05, 0.1) is 24.5 Å². The van der Waals surface area contributed by atoms with Crippen molar-refractivity contribution in [2.24, 2.45) is 23.7 Å². The van der Waals surface area contributed by atoms with Crippen molar-refractivity contribution >= 4 is 11.8 Å². The minimum atomic E-state index is -1.69. The van der Waals surface area contributed by atoms with Crippen LogP contribution in [-0.2, 0) is 14.3 Å². The van der Waals surface area contributed by atoms with Gasteiger partial charge in [0.25, 0.3) is 0 Å². The van der Waals surface area contributed by atoms with Crippen molar-refractivity contribution in [3.05, 3.63) is 29.8 Å². The standard InChI is InChI=1S/C20H25NO6/c1-2-7-21-18(24)13-8-11(10-22)20(26)14(17(13)19(21)25)9-16(27-20)12-5-3-4-6-15(12)23/h3-6,11,13-14,16-17,22-23,26H,2,7-10H2,1H3/t11-,13+,14+,16+,17+,20-/m1/s1. The summed E-state index contributed by atoms with van der Waals surface area (Å²) in [5.41, 5.74) is 0.538. The number of amides is 2. The molecule has 0 unspecified atom stereocenters. The van der Waals surface area contributed by atoms with Gasteiger partial charge in [0, 0.05) is 23.9 Å². The monoisotopic (exact) mass is 375 g/mol. The molecule has 2 aliphatic heterocycles. The maximum atomic E-state index is 13.0. The average Bonchev–Trinajstić information content (AvgIpc) is 3.11. The molecule has 7 heteroatoms. The van der Waals surface area contributed by atoms with Gasteiger partial charge in [-0.3, -0.25) is 14.5 Å². The zero-order chi connectivity index (χ0) is 19.3. The molecule has 27 heavy (non-hydrogen) atoms. The van der Waals surface area contributed by atoms with Crippen LogP contribution in [0.5, 0.6) is 5.75 Å². The molecule has 0 bridgehead atoms. The van der Waals surface area contributed by atoms with Crippen molar-refractivity contribution in [3.8, 4) is 5.75 Å². The summed E-state index contributed by atoms with van der Waals surface area (Å²) in [4.78, 5) is 27.0. The van der Waals surface area contributed by atoms with Gasteiger partial charge in [-0.15, -0.1) is 0 Å². The van der Waals surface area contributed by atoms with Crippen LogP contribution >= 0.6 is 0 Å². The molecule has 6 atom stereocenters. The largest absolute Gasteiger partial charge is 0.508 e. The van der Waals surface area contributed by atoms with Crippen LogP contribution in [-0.4, -0.2) is 51.0 Å². The van der Waals surface area contributed by atoms with Crippen molar-refractivity contribution in [3.63, 3.8) is 0 Å². The van der Waals surface area contributed by atoms with Gasteiger partial charge >= 0.3 is 0 Å². The highest BCUT2D eigenvalue weighted by Gasteiger charge is 2.66. The van der Waals surface area contributed by atoms with Gasteiger partial charge in [-0.1, -0.05) is 25.1 Å². The molecule has 3 fully saturated rings. The lowest BCUT2D eigenvalue weighted by molar-refractivity contribution is -0.274. The van der Waals surface area contributed by atoms with E-state index in [1.807, 2.05) is 6.92 Å². The minimum Gasteiger partial charge on any atom is -0.508 e. The zero-order valence-corrected chi connectivity index (χ0v) is 15.2. The molecular formula is C20H25NO6. The van der Waals surface area contributed by atoms with E-state index >= 15 is 0 Å². The Labute approximate surface area is 157 Å². The molecule has 2 heterocycles. The Balaban J connectivity index is 1.71. The van der Waals surface area contributed by atoms with Crippen LogP contribution in [0.25, 0.3) is 0 Å². The minimum absolute atomic E-state index is 0.0586. The van der Waals surface area contributed by atoms with Gasteiger partial charge in [-0.2, -0.15) is 0 Å². The second-order valence-corrected chi connectivity index (χ2v) is 7.83. The lowest BCUT2D eigenvalue weighted by Crippen LogP contribution is -2.54. The number of fused-ring (bicyclic) bond motifs is 3. The van der Waals surface area contributed by atoms with Crippen LogP contribution in [0.2, 0.25) is 0 Å². The van der Waals surface area contributed by atoms with Gasteiger partial charge in [0.1, 0.15) is 5.75 Å². The van der Waals surface area contributed by atoms with E-state index in [2.05, 4.69) is 0 Å². The summed E-state index contributed by atoms with van der Waals surface area (Å²) < 4.78 is 5.96. The van der Waals surface area contributed by atoms with Gasteiger partial charge in [-0.05, 0) is 25.3 Å². The van der Waals surface area contributed by atoms with E-state index in [-0.39, 0.29) is 30.6 Å². The smallest absolute Gasteiger partial charge is 0.233 e. The molecular weight excluding hydrogens is 350 g/mol. The predicted octanol–water partition coefficient (Wildman–Crippen LogP) is 1.18. The molecule has 1 aromatic rings. The Bertz CT molecular complexity index is 767. The number of aliphatic hydroxyl groups is 2. The predicted molar refractivity (Wildman–Crippen MR) is 94.2 cm³/mol. The van der Waals surface area contributed by atoms with Crippen molar-refractivity contribution < 1.29 is 29.6 Å². The lowest BCUT2D eigenvalue weighted by atomic mass is 9.64. The summed E-state index contributed by atoms with van der Waals surface area (Å²) >= 11 is 0. The van der Waals surface area contributed by atoms with E-state index in [9.17, 15) is 24.9 Å². The van der Waals surface area contributed by atoms with E-state index in [4.69, 9.17) is 4.74 Å². The van der Waals surface area contributed by atoms with Crippen LogP contribution in [0, 0.1) is 23.7 Å². The number of ether oxygens (including phenoxy) is 1. The number of phenolic OH excluding ortho intramolecular Hbond substituents is 1. The molecule has 2 saturated heterocycles. The fourth-order valence-electron chi connectivity index (χ4n) is 5.16. The Morgan fingerprint density at radius 1 is 1.22 bits per heavy atom. The number of benzene rings is 1. The SMILES string of the molecule is CCCN1C(=O)[C@H]2[C@H](C[C@H](CO)[C@@]3(O)O[C@H](c4ccccc4O)C[C@@H]23)C1=O. The fourth-order valence-corrected chi connectivity index (χ4v) is 5.16. The first-order chi connectivity index (χ1) is 12.9. The van der Waals surface area contributed by atoms with Crippen LogP contribution in [0.4, 0.5) is 0 Å². The normalized spacial score (nSPS) is 38.2. The number of imide groups is 1. The number of aromatic hydroxyl groups is 1. The third-order valence-corrected chi connectivity index (χ3v) is 6.41. The number of nitrogens with zero attached hydrogens (tertiary/aromatic N) is 1. The van der Waals surface area contributed by atoms with Crippen molar-refractivity contribution in [2.75, 3.05) is 13.2 Å². The van der Waals surface area contributed by atoms with Crippen LogP contribution in [0.3, 0.4) is 0 Å². The summed E-state index contributed by atoms with van der Waals surface area (Å²) in [6.07, 6.45) is 0.598. The number of hydrogen-bond donors (Lipinski definition) is 3. The van der Waals surface area contributed by atoms with E-state index in [1.165, 1.54) is 4.90 Å². The quantitative estimate of drug-likeness (QED) is 0.682. The van der Waals surface area contributed by atoms with Gasteiger partial charge in [0.2, 0.25) is 11.8 Å². The Hall–Kier alpha value is -1.96. The van der Waals surface area contributed by atoms with Gasteiger partial charge in [-0.25, -0.2) is 0 Å². The molecule has 1 aromatic carbocycles. The van der Waals surface area contributed by atoms with E-state index in [0.717, 1.165) is 0 Å². The number of carbonyl (C=O) groups is 2. The molecule has 0 aromatic heterocycles.